The first-order valence-electron chi connectivity index (χ1n) is 9.79. The lowest BCUT2D eigenvalue weighted by Gasteiger charge is -2.27. The predicted octanol–water partition coefficient (Wildman–Crippen LogP) is 0.0776. The van der Waals surface area contributed by atoms with Crippen LogP contribution in [0.1, 0.15) is 57.8 Å². The van der Waals surface area contributed by atoms with E-state index in [0.717, 1.165) is 58.0 Å². The fourth-order valence-electron chi connectivity index (χ4n) is 4.04. The molecule has 1 aliphatic heterocycles. The van der Waals surface area contributed by atoms with Gasteiger partial charge in [0, 0.05) is 0 Å². The summed E-state index contributed by atoms with van der Waals surface area (Å²) in [5.41, 5.74) is 5.38. The second-order valence-corrected chi connectivity index (χ2v) is 9.23. The van der Waals surface area contributed by atoms with Gasteiger partial charge in [-0.25, -0.2) is 0 Å². The van der Waals surface area contributed by atoms with Crippen molar-refractivity contribution in [3.63, 3.8) is 0 Å². The molecule has 1 saturated carbocycles. The van der Waals surface area contributed by atoms with Crippen LogP contribution in [0.15, 0.2) is 0 Å². The number of hydrogen-bond acceptors (Lipinski definition) is 5. The Bertz CT molecular complexity index is 554. The molecule has 0 bridgehead atoms. The largest absolute Gasteiger partial charge is 0.480 e. The number of nitrogens with one attached hydrogen (secondary N) is 3. The predicted molar refractivity (Wildman–Crippen MR) is 101 cm³/mol. The van der Waals surface area contributed by atoms with E-state index in [-0.39, 0.29) is 18.3 Å². The first-order valence-corrected chi connectivity index (χ1v) is 11.3. The zero-order valence-electron chi connectivity index (χ0n) is 15.7. The Morgan fingerprint density at radius 3 is 2.04 bits per heavy atom. The highest BCUT2D eigenvalue weighted by Gasteiger charge is 2.31. The average Bonchev–Trinajstić information content (AvgIpc) is 2.62. The number of rotatable bonds is 10. The third-order valence-electron chi connectivity index (χ3n) is 5.56. The number of carboxylic acids is 1. The summed E-state index contributed by atoms with van der Waals surface area (Å²) in [5.74, 6) is -1.56. The lowest BCUT2D eigenvalue weighted by Crippen LogP contribution is -2.53. The quantitative estimate of drug-likeness (QED) is 0.348. The molecule has 27 heavy (non-hydrogen) atoms. The van der Waals surface area contributed by atoms with E-state index in [1.807, 2.05) is 0 Å². The lowest BCUT2D eigenvalue weighted by molar-refractivity contribution is -0.139. The zero-order valence-corrected chi connectivity index (χ0v) is 16.5. The molecular weight excluding hydrogens is 372 g/mol. The molecule has 0 spiro atoms. The molecule has 0 aromatic rings. The zero-order chi connectivity index (χ0) is 19.9. The topological polar surface area (TPSA) is 151 Å². The van der Waals surface area contributed by atoms with Gasteiger partial charge in [0.05, 0.1) is 0 Å². The number of hydrogen-bond donors (Lipinski definition) is 5. The summed E-state index contributed by atoms with van der Waals surface area (Å²) in [6, 6.07) is -2.26. The van der Waals surface area contributed by atoms with Crippen molar-refractivity contribution >= 4 is 22.1 Å². The van der Waals surface area contributed by atoms with Crippen molar-refractivity contribution in [1.82, 2.24) is 14.8 Å². The molecule has 2 fully saturated rings. The van der Waals surface area contributed by atoms with E-state index in [0.29, 0.717) is 6.42 Å². The minimum Gasteiger partial charge on any atom is -0.480 e. The van der Waals surface area contributed by atoms with Gasteiger partial charge in [0.15, 0.2) is 0 Å². The summed E-state index contributed by atoms with van der Waals surface area (Å²) in [6.45, 7) is 1.60. The maximum Gasteiger partial charge on any atom is 0.321 e. The summed E-state index contributed by atoms with van der Waals surface area (Å²) in [5, 5.41) is 12.6. The molecule has 9 nitrogen and oxygen atoms in total. The fraction of sp³-hybridized carbons (Fsp3) is 0.882. The molecule has 0 aromatic heterocycles. The van der Waals surface area contributed by atoms with Gasteiger partial charge in [-0.2, -0.15) is 17.9 Å². The van der Waals surface area contributed by atoms with Crippen molar-refractivity contribution in [2.75, 3.05) is 13.1 Å². The SMILES string of the molecule is NC(=O)C(CC1CCCCC1)NS(=O)(=O)NC(CC1CCNCC1)C(=O)O. The van der Waals surface area contributed by atoms with Gasteiger partial charge in [0.2, 0.25) is 5.91 Å². The van der Waals surface area contributed by atoms with E-state index in [2.05, 4.69) is 14.8 Å². The van der Waals surface area contributed by atoms with E-state index in [4.69, 9.17) is 5.73 Å². The lowest BCUT2D eigenvalue weighted by atomic mass is 9.85. The fourth-order valence-corrected chi connectivity index (χ4v) is 5.26. The maximum absolute atomic E-state index is 12.4. The molecule has 0 radical (unpaired) electrons. The number of carboxylic acid groups (broad SMARTS) is 1. The molecule has 1 aliphatic carbocycles. The van der Waals surface area contributed by atoms with Crippen LogP contribution in [-0.2, 0) is 19.8 Å². The van der Waals surface area contributed by atoms with E-state index in [9.17, 15) is 23.1 Å². The van der Waals surface area contributed by atoms with Crippen LogP contribution in [0.25, 0.3) is 0 Å². The molecule has 2 unspecified atom stereocenters. The van der Waals surface area contributed by atoms with Gasteiger partial charge in [0.25, 0.3) is 10.2 Å². The third kappa shape index (κ3) is 7.73. The van der Waals surface area contributed by atoms with Gasteiger partial charge in [-0.1, -0.05) is 32.1 Å². The summed E-state index contributed by atoms with van der Waals surface area (Å²) >= 11 is 0. The first-order chi connectivity index (χ1) is 12.8. The van der Waals surface area contributed by atoms with Crippen LogP contribution in [0, 0.1) is 11.8 Å². The van der Waals surface area contributed by atoms with Gasteiger partial charge in [-0.15, -0.1) is 0 Å². The van der Waals surface area contributed by atoms with Gasteiger partial charge < -0.3 is 16.2 Å². The van der Waals surface area contributed by atoms with Gasteiger partial charge in [-0.05, 0) is 50.6 Å². The van der Waals surface area contributed by atoms with Crippen LogP contribution >= 0.6 is 0 Å². The minimum atomic E-state index is -4.17. The Balaban J connectivity index is 1.95. The van der Waals surface area contributed by atoms with Crippen LogP contribution < -0.4 is 20.5 Å². The highest BCUT2D eigenvalue weighted by molar-refractivity contribution is 7.87. The summed E-state index contributed by atoms with van der Waals surface area (Å²) in [7, 11) is -4.17. The van der Waals surface area contributed by atoms with Crippen molar-refractivity contribution < 1.29 is 23.1 Å². The molecule has 10 heteroatoms. The Morgan fingerprint density at radius 1 is 0.963 bits per heavy atom. The van der Waals surface area contributed by atoms with Crippen molar-refractivity contribution in [2.45, 2.75) is 69.9 Å². The Labute approximate surface area is 161 Å². The van der Waals surface area contributed by atoms with E-state index in [1.54, 1.807) is 0 Å². The molecule has 1 amide bonds. The van der Waals surface area contributed by atoms with E-state index < -0.39 is 34.2 Å². The number of carbonyl (C=O) groups excluding carboxylic acids is 1. The van der Waals surface area contributed by atoms with E-state index in [1.165, 1.54) is 0 Å². The summed E-state index contributed by atoms with van der Waals surface area (Å²) in [6.07, 6.45) is 7.39. The smallest absolute Gasteiger partial charge is 0.321 e. The van der Waals surface area contributed by atoms with E-state index >= 15 is 0 Å². The number of primary amides is 1. The molecule has 0 aromatic carbocycles. The van der Waals surface area contributed by atoms with Crippen LogP contribution in [0.3, 0.4) is 0 Å². The first kappa shape index (κ1) is 22.1. The molecule has 2 rings (SSSR count). The van der Waals surface area contributed by atoms with Crippen LogP contribution in [-0.4, -0.2) is 50.6 Å². The van der Waals surface area contributed by atoms with Crippen LogP contribution in [0.5, 0.6) is 0 Å². The molecule has 2 atom stereocenters. The standard InChI is InChI=1S/C17H32N4O5S/c18-16(22)14(10-12-4-2-1-3-5-12)20-27(25,26)21-15(17(23)24)11-13-6-8-19-9-7-13/h12-15,19-21H,1-11H2,(H2,18,22)(H,23,24). The highest BCUT2D eigenvalue weighted by Crippen LogP contribution is 2.27. The maximum atomic E-state index is 12.4. The number of carbonyl (C=O) groups is 2. The van der Waals surface area contributed by atoms with Gasteiger partial charge >= 0.3 is 5.97 Å². The Morgan fingerprint density at radius 2 is 1.48 bits per heavy atom. The normalized spacial score (nSPS) is 22.2. The van der Waals surface area contributed by atoms with Crippen LogP contribution in [0.4, 0.5) is 0 Å². The molecule has 1 heterocycles. The Kier molecular flexibility index (Phi) is 8.46. The van der Waals surface area contributed by atoms with Crippen molar-refractivity contribution in [2.24, 2.45) is 17.6 Å². The summed E-state index contributed by atoms with van der Waals surface area (Å²) < 4.78 is 29.3. The van der Waals surface area contributed by atoms with Crippen molar-refractivity contribution in [3.05, 3.63) is 0 Å². The molecule has 6 N–H and O–H groups in total. The molecule has 1 saturated heterocycles. The van der Waals surface area contributed by atoms with Gasteiger partial charge in [-0.3, -0.25) is 9.59 Å². The molecule has 156 valence electrons. The second kappa shape index (κ2) is 10.4. The van der Waals surface area contributed by atoms with Gasteiger partial charge in [0.1, 0.15) is 12.1 Å². The second-order valence-electron chi connectivity index (χ2n) is 7.75. The summed E-state index contributed by atoms with van der Waals surface area (Å²) in [4.78, 5) is 23.3. The monoisotopic (exact) mass is 404 g/mol. The van der Waals surface area contributed by atoms with Crippen LogP contribution in [0.2, 0.25) is 0 Å². The Hall–Kier alpha value is -1.23. The third-order valence-corrected chi connectivity index (χ3v) is 6.75. The number of amides is 1. The van der Waals surface area contributed by atoms with Crippen molar-refractivity contribution in [1.29, 1.82) is 0 Å². The number of nitrogens with two attached hydrogens (primary N) is 1. The van der Waals surface area contributed by atoms with Crippen molar-refractivity contribution in [3.8, 4) is 0 Å². The molecular formula is C17H32N4O5S. The number of aliphatic carboxylic acids is 1. The highest BCUT2D eigenvalue weighted by atomic mass is 32.2. The average molecular weight is 405 g/mol. The molecule has 2 aliphatic rings. The number of piperidine rings is 1. The minimum absolute atomic E-state index is 0.143.